The van der Waals surface area contributed by atoms with Gasteiger partial charge in [-0.3, -0.25) is 4.79 Å². The summed E-state index contributed by atoms with van der Waals surface area (Å²) in [4.78, 5) is 12.2. The third kappa shape index (κ3) is 5.45. The van der Waals surface area contributed by atoms with Crippen molar-refractivity contribution in [3.8, 4) is 17.6 Å². The van der Waals surface area contributed by atoms with E-state index in [1.165, 1.54) is 0 Å². The highest BCUT2D eigenvalue weighted by molar-refractivity contribution is 6.04. The highest BCUT2D eigenvalue weighted by Gasteiger charge is 2.16. The quantitative estimate of drug-likeness (QED) is 0.385. The van der Waals surface area contributed by atoms with Gasteiger partial charge in [-0.1, -0.05) is 33.3 Å². The fourth-order valence-electron chi connectivity index (χ4n) is 2.00. The summed E-state index contributed by atoms with van der Waals surface area (Å²) in [6.07, 6.45) is 4.33. The summed E-state index contributed by atoms with van der Waals surface area (Å²) in [6.45, 7) is 6.47. The third-order valence-corrected chi connectivity index (χ3v) is 3.70. The van der Waals surface area contributed by atoms with Crippen LogP contribution < -0.4 is 9.47 Å². The number of ketones is 1. The number of carbonyl (C=O) groups excluding carboxylic acids is 1. The van der Waals surface area contributed by atoms with E-state index in [2.05, 4.69) is 6.92 Å². The molecule has 1 aromatic rings. The summed E-state index contributed by atoms with van der Waals surface area (Å²) < 4.78 is 11.0. The molecule has 0 aromatic heterocycles. The second-order valence-electron chi connectivity index (χ2n) is 5.46. The minimum atomic E-state index is -0.153. The van der Waals surface area contributed by atoms with Gasteiger partial charge in [0, 0.05) is 5.92 Å². The molecule has 0 N–H and O–H groups in total. The highest BCUT2D eigenvalue weighted by Crippen LogP contribution is 2.29. The molecule has 0 saturated carbocycles. The molecule has 1 atom stereocenters. The minimum Gasteiger partial charge on any atom is -0.493 e. The van der Waals surface area contributed by atoms with Gasteiger partial charge in [-0.05, 0) is 36.6 Å². The Bertz CT molecular complexity index is 599. The number of nitrogens with zero attached hydrogens (tertiary/aromatic N) is 1. The lowest BCUT2D eigenvalue weighted by Crippen LogP contribution is -2.11. The van der Waals surface area contributed by atoms with Gasteiger partial charge in [-0.2, -0.15) is 5.26 Å². The van der Waals surface area contributed by atoms with Crippen LogP contribution in [0.3, 0.4) is 0 Å². The largest absolute Gasteiger partial charge is 0.493 e. The second kappa shape index (κ2) is 9.68. The van der Waals surface area contributed by atoms with Gasteiger partial charge < -0.3 is 9.47 Å². The molecule has 0 fully saturated rings. The Kier molecular flexibility index (Phi) is 7.90. The first-order chi connectivity index (χ1) is 11.1. The standard InChI is InChI=1S/C19H25NO3/c1-5-7-10-23-18-12-15(8-9-17(18)22-4)11-16(13-20)19(21)14(3)6-2/h8-9,11-12,14H,5-7,10H2,1-4H3. The van der Waals surface area contributed by atoms with Crippen LogP contribution in [-0.2, 0) is 4.79 Å². The van der Waals surface area contributed by atoms with Gasteiger partial charge in [0.1, 0.15) is 6.07 Å². The molecule has 0 amide bonds. The molecule has 4 heteroatoms. The molecule has 0 aliphatic heterocycles. The third-order valence-electron chi connectivity index (χ3n) is 3.70. The summed E-state index contributed by atoms with van der Waals surface area (Å²) >= 11 is 0. The number of Topliss-reactive ketones (excluding diaryl/α,β-unsaturated/α-hetero) is 1. The van der Waals surface area contributed by atoms with Crippen LogP contribution in [0.2, 0.25) is 0 Å². The maximum Gasteiger partial charge on any atom is 0.176 e. The van der Waals surface area contributed by atoms with E-state index in [0.717, 1.165) is 18.4 Å². The van der Waals surface area contributed by atoms with Gasteiger partial charge in [0.2, 0.25) is 0 Å². The molecule has 1 aromatic carbocycles. The summed E-state index contributed by atoms with van der Waals surface area (Å²) in [5.41, 5.74) is 0.925. The molecule has 124 valence electrons. The second-order valence-corrected chi connectivity index (χ2v) is 5.46. The van der Waals surface area contributed by atoms with E-state index in [1.54, 1.807) is 25.3 Å². The molecule has 0 heterocycles. The fraction of sp³-hybridized carbons (Fsp3) is 0.474. The van der Waals surface area contributed by atoms with E-state index in [9.17, 15) is 10.1 Å². The van der Waals surface area contributed by atoms with Crippen LogP contribution in [0.4, 0.5) is 0 Å². The van der Waals surface area contributed by atoms with Crippen molar-refractivity contribution in [1.82, 2.24) is 0 Å². The number of methoxy groups -OCH3 is 1. The van der Waals surface area contributed by atoms with Crippen LogP contribution in [-0.4, -0.2) is 19.5 Å². The SMILES string of the molecule is CCCCOc1cc(C=C(C#N)C(=O)C(C)CC)ccc1OC. The van der Waals surface area contributed by atoms with E-state index >= 15 is 0 Å². The zero-order chi connectivity index (χ0) is 17.2. The number of hydrogen-bond donors (Lipinski definition) is 0. The molecule has 1 rings (SSSR count). The van der Waals surface area contributed by atoms with Crippen molar-refractivity contribution in [2.45, 2.75) is 40.0 Å². The monoisotopic (exact) mass is 315 g/mol. The average Bonchev–Trinajstić information content (AvgIpc) is 2.58. The first kappa shape index (κ1) is 18.8. The topological polar surface area (TPSA) is 59.3 Å². The lowest BCUT2D eigenvalue weighted by atomic mass is 9.96. The molecule has 0 spiro atoms. The van der Waals surface area contributed by atoms with Crippen molar-refractivity contribution in [3.63, 3.8) is 0 Å². The number of ether oxygens (including phenoxy) is 2. The van der Waals surface area contributed by atoms with E-state index < -0.39 is 0 Å². The Labute approximate surface area is 138 Å². The molecule has 0 aliphatic carbocycles. The smallest absolute Gasteiger partial charge is 0.176 e. The first-order valence-electron chi connectivity index (χ1n) is 8.04. The molecular formula is C19H25NO3. The molecule has 1 unspecified atom stereocenters. The molecule has 0 bridgehead atoms. The van der Waals surface area contributed by atoms with Crippen molar-refractivity contribution in [2.75, 3.05) is 13.7 Å². The van der Waals surface area contributed by atoms with Crippen LogP contribution in [0.15, 0.2) is 23.8 Å². The zero-order valence-corrected chi connectivity index (χ0v) is 14.4. The predicted octanol–water partition coefficient (Wildman–Crippen LogP) is 4.40. The van der Waals surface area contributed by atoms with Gasteiger partial charge in [0.15, 0.2) is 17.3 Å². The molecule has 0 saturated heterocycles. The van der Waals surface area contributed by atoms with Crippen LogP contribution >= 0.6 is 0 Å². The Morgan fingerprint density at radius 2 is 2.09 bits per heavy atom. The number of benzene rings is 1. The van der Waals surface area contributed by atoms with E-state index in [-0.39, 0.29) is 17.3 Å². The van der Waals surface area contributed by atoms with Crippen molar-refractivity contribution < 1.29 is 14.3 Å². The van der Waals surface area contributed by atoms with E-state index in [1.807, 2.05) is 26.0 Å². The van der Waals surface area contributed by atoms with Gasteiger partial charge in [-0.15, -0.1) is 0 Å². The highest BCUT2D eigenvalue weighted by atomic mass is 16.5. The average molecular weight is 315 g/mol. The minimum absolute atomic E-state index is 0.126. The Balaban J connectivity index is 3.07. The van der Waals surface area contributed by atoms with Gasteiger partial charge in [-0.25, -0.2) is 0 Å². The predicted molar refractivity (Wildman–Crippen MR) is 91.4 cm³/mol. The summed E-state index contributed by atoms with van der Waals surface area (Å²) in [5, 5.41) is 9.25. The van der Waals surface area contributed by atoms with Crippen molar-refractivity contribution in [2.24, 2.45) is 5.92 Å². The molecule has 0 aliphatic rings. The van der Waals surface area contributed by atoms with Gasteiger partial charge in [0.25, 0.3) is 0 Å². The van der Waals surface area contributed by atoms with Crippen LogP contribution in [0.1, 0.15) is 45.6 Å². The zero-order valence-electron chi connectivity index (χ0n) is 14.4. The van der Waals surface area contributed by atoms with E-state index in [4.69, 9.17) is 9.47 Å². The fourth-order valence-corrected chi connectivity index (χ4v) is 2.00. The number of rotatable bonds is 9. The summed E-state index contributed by atoms with van der Waals surface area (Å²) in [6, 6.07) is 7.41. The van der Waals surface area contributed by atoms with Crippen molar-refractivity contribution in [1.29, 1.82) is 5.26 Å². The number of nitriles is 1. The van der Waals surface area contributed by atoms with Crippen LogP contribution in [0.5, 0.6) is 11.5 Å². The number of unbranched alkanes of at least 4 members (excludes halogenated alkanes) is 1. The summed E-state index contributed by atoms with van der Waals surface area (Å²) in [5.74, 6) is 0.992. The Morgan fingerprint density at radius 3 is 2.65 bits per heavy atom. The van der Waals surface area contributed by atoms with E-state index in [0.29, 0.717) is 24.5 Å². The van der Waals surface area contributed by atoms with Gasteiger partial charge in [0.05, 0.1) is 19.3 Å². The van der Waals surface area contributed by atoms with Crippen LogP contribution in [0.25, 0.3) is 6.08 Å². The molecule has 4 nitrogen and oxygen atoms in total. The first-order valence-corrected chi connectivity index (χ1v) is 8.04. The lowest BCUT2D eigenvalue weighted by Gasteiger charge is -2.11. The molecular weight excluding hydrogens is 290 g/mol. The Morgan fingerprint density at radius 1 is 1.35 bits per heavy atom. The van der Waals surface area contributed by atoms with Crippen molar-refractivity contribution >= 4 is 11.9 Å². The van der Waals surface area contributed by atoms with Crippen molar-refractivity contribution in [3.05, 3.63) is 29.3 Å². The molecule has 23 heavy (non-hydrogen) atoms. The molecule has 0 radical (unpaired) electrons. The van der Waals surface area contributed by atoms with Crippen LogP contribution in [0, 0.1) is 17.2 Å². The number of allylic oxidation sites excluding steroid dienone is 1. The van der Waals surface area contributed by atoms with Gasteiger partial charge >= 0.3 is 0 Å². The maximum absolute atomic E-state index is 12.2. The number of carbonyl (C=O) groups is 1. The summed E-state index contributed by atoms with van der Waals surface area (Å²) in [7, 11) is 1.59. The maximum atomic E-state index is 12.2. The lowest BCUT2D eigenvalue weighted by molar-refractivity contribution is -0.118. The number of hydrogen-bond acceptors (Lipinski definition) is 4. The Hall–Kier alpha value is -2.28. The normalized spacial score (nSPS) is 12.4.